The van der Waals surface area contributed by atoms with Crippen LogP contribution >= 0.6 is 12.4 Å². The maximum Gasteiger partial charge on any atom is 0.349 e. The number of methoxy groups -OCH3 is 1. The predicted octanol–water partition coefficient (Wildman–Crippen LogP) is 2.14. The Balaban J connectivity index is 0.00000261. The predicted molar refractivity (Wildman–Crippen MR) is 104 cm³/mol. The van der Waals surface area contributed by atoms with Gasteiger partial charge in [-0.05, 0) is 51.4 Å². The summed E-state index contributed by atoms with van der Waals surface area (Å²) in [6, 6.07) is 1.81. The van der Waals surface area contributed by atoms with Gasteiger partial charge in [0.05, 0.1) is 12.8 Å². The molecule has 1 fully saturated rings. The Morgan fingerprint density at radius 1 is 1.37 bits per heavy atom. The molecule has 8 nitrogen and oxygen atoms in total. The van der Waals surface area contributed by atoms with Gasteiger partial charge in [-0.2, -0.15) is 0 Å². The molecule has 0 radical (unpaired) electrons. The molecular formula is C18H25ClN4O4. The number of nitrogens with one attached hydrogen (secondary N) is 2. The fraction of sp³-hybridized carbons (Fsp3) is 0.500. The molecule has 1 aliphatic rings. The van der Waals surface area contributed by atoms with Crippen molar-refractivity contribution < 1.29 is 13.9 Å². The molecule has 0 spiro atoms. The molecule has 2 aromatic heterocycles. The molecule has 1 aliphatic heterocycles. The van der Waals surface area contributed by atoms with Crippen LogP contribution in [0, 0.1) is 13.8 Å². The Morgan fingerprint density at radius 3 is 2.63 bits per heavy atom. The van der Waals surface area contributed by atoms with Crippen LogP contribution in [0.5, 0.6) is 5.88 Å². The molecule has 0 atom stereocenters. The number of hydrogen-bond donors (Lipinski definition) is 2. The van der Waals surface area contributed by atoms with Gasteiger partial charge in [-0.1, -0.05) is 0 Å². The summed E-state index contributed by atoms with van der Waals surface area (Å²) in [6.07, 6.45) is 1.83. The number of nitrogens with zero attached hydrogens (tertiary/aromatic N) is 2. The van der Waals surface area contributed by atoms with Crippen LogP contribution in [0.25, 0.3) is 0 Å². The SMILES string of the molecule is COc1nn(C)c(C)c1NC(=O)c1c(C)cc(C2CCNCC2)oc1=O.Cl. The molecule has 3 heterocycles. The highest BCUT2D eigenvalue weighted by molar-refractivity contribution is 6.05. The summed E-state index contributed by atoms with van der Waals surface area (Å²) in [5, 5.41) is 10.2. The number of aryl methyl sites for hydroxylation is 2. The number of amides is 1. The van der Waals surface area contributed by atoms with E-state index in [1.165, 1.54) is 7.11 Å². The van der Waals surface area contributed by atoms with Crippen molar-refractivity contribution in [1.29, 1.82) is 0 Å². The summed E-state index contributed by atoms with van der Waals surface area (Å²) < 4.78 is 12.3. The number of carbonyl (C=O) groups excluding carboxylic acids is 1. The summed E-state index contributed by atoms with van der Waals surface area (Å²) in [5.74, 6) is 0.635. The van der Waals surface area contributed by atoms with Gasteiger partial charge in [0, 0.05) is 13.0 Å². The lowest BCUT2D eigenvalue weighted by atomic mass is 9.94. The average molecular weight is 397 g/mol. The van der Waals surface area contributed by atoms with Crippen LogP contribution < -0.4 is 21.0 Å². The number of aromatic nitrogens is 2. The number of rotatable bonds is 4. The average Bonchev–Trinajstić information content (AvgIpc) is 2.89. The van der Waals surface area contributed by atoms with E-state index in [1.807, 2.05) is 0 Å². The maximum absolute atomic E-state index is 12.7. The zero-order valence-electron chi connectivity index (χ0n) is 15.9. The van der Waals surface area contributed by atoms with Gasteiger partial charge < -0.3 is 19.8 Å². The molecule has 1 amide bonds. The van der Waals surface area contributed by atoms with Crippen molar-refractivity contribution in [2.75, 3.05) is 25.5 Å². The van der Waals surface area contributed by atoms with Crippen molar-refractivity contribution in [2.24, 2.45) is 7.05 Å². The van der Waals surface area contributed by atoms with E-state index in [0.717, 1.165) is 31.6 Å². The number of halogens is 1. The van der Waals surface area contributed by atoms with Crippen LogP contribution in [-0.4, -0.2) is 35.9 Å². The molecule has 0 bridgehead atoms. The highest BCUT2D eigenvalue weighted by atomic mass is 35.5. The number of carbonyl (C=O) groups is 1. The third-order valence-electron chi connectivity index (χ3n) is 4.87. The van der Waals surface area contributed by atoms with Gasteiger partial charge in [0.15, 0.2) is 0 Å². The van der Waals surface area contributed by atoms with Crippen LogP contribution in [0.4, 0.5) is 5.69 Å². The number of piperidine rings is 1. The quantitative estimate of drug-likeness (QED) is 0.821. The van der Waals surface area contributed by atoms with Crippen LogP contribution in [0.2, 0.25) is 0 Å². The van der Waals surface area contributed by atoms with Gasteiger partial charge in [0.1, 0.15) is 17.0 Å². The monoisotopic (exact) mass is 396 g/mol. The third kappa shape index (κ3) is 4.17. The Kier molecular flexibility index (Phi) is 6.67. The normalized spacial score (nSPS) is 14.5. The lowest BCUT2D eigenvalue weighted by Gasteiger charge is -2.21. The number of hydrogen-bond acceptors (Lipinski definition) is 6. The Bertz CT molecular complexity index is 884. The minimum atomic E-state index is -0.614. The molecule has 1 saturated heterocycles. The standard InChI is InChI=1S/C18H24N4O4.ClH/c1-10-9-13(12-5-7-19-8-6-12)26-18(24)14(10)16(23)20-15-11(2)22(3)21-17(15)25-4;/h9,12,19H,5-8H2,1-4H3,(H,20,23);1H. The first-order chi connectivity index (χ1) is 12.4. The summed E-state index contributed by atoms with van der Waals surface area (Å²) in [6.45, 7) is 5.36. The van der Waals surface area contributed by atoms with E-state index in [2.05, 4.69) is 15.7 Å². The van der Waals surface area contributed by atoms with Crippen molar-refractivity contribution in [3.63, 3.8) is 0 Å². The molecule has 27 heavy (non-hydrogen) atoms. The molecule has 0 saturated carbocycles. The highest BCUT2D eigenvalue weighted by Crippen LogP contribution is 2.28. The van der Waals surface area contributed by atoms with Crippen molar-refractivity contribution >= 4 is 24.0 Å². The molecule has 9 heteroatoms. The van der Waals surface area contributed by atoms with Crippen molar-refractivity contribution in [3.05, 3.63) is 39.1 Å². The van der Waals surface area contributed by atoms with Crippen LogP contribution in [-0.2, 0) is 7.05 Å². The fourth-order valence-electron chi connectivity index (χ4n) is 3.25. The van der Waals surface area contributed by atoms with Gasteiger partial charge in [-0.3, -0.25) is 9.48 Å². The first-order valence-corrected chi connectivity index (χ1v) is 8.66. The molecule has 0 aromatic carbocycles. The van der Waals surface area contributed by atoms with Gasteiger partial charge in [-0.15, -0.1) is 17.5 Å². The maximum atomic E-state index is 12.7. The third-order valence-corrected chi connectivity index (χ3v) is 4.87. The van der Waals surface area contributed by atoms with E-state index in [0.29, 0.717) is 22.9 Å². The molecule has 0 aliphatic carbocycles. The molecular weight excluding hydrogens is 372 g/mol. The molecule has 0 unspecified atom stereocenters. The zero-order chi connectivity index (χ0) is 18.8. The molecule has 2 aromatic rings. The Labute approximate surface area is 163 Å². The second-order valence-electron chi connectivity index (χ2n) is 6.57. The zero-order valence-corrected chi connectivity index (χ0v) is 16.7. The van der Waals surface area contributed by atoms with Crippen LogP contribution in [0.1, 0.15) is 46.1 Å². The first kappa shape index (κ1) is 21.0. The topological polar surface area (TPSA) is 98.4 Å². The smallest absolute Gasteiger partial charge is 0.349 e. The molecule has 2 N–H and O–H groups in total. The van der Waals surface area contributed by atoms with Gasteiger partial charge >= 0.3 is 5.63 Å². The van der Waals surface area contributed by atoms with Gasteiger partial charge in [-0.25, -0.2) is 4.79 Å². The van der Waals surface area contributed by atoms with E-state index in [9.17, 15) is 9.59 Å². The van der Waals surface area contributed by atoms with Gasteiger partial charge in [0.25, 0.3) is 11.8 Å². The first-order valence-electron chi connectivity index (χ1n) is 8.66. The Morgan fingerprint density at radius 2 is 2.04 bits per heavy atom. The van der Waals surface area contributed by atoms with Crippen LogP contribution in [0.15, 0.2) is 15.3 Å². The second kappa shape index (κ2) is 8.58. The van der Waals surface area contributed by atoms with E-state index < -0.39 is 11.5 Å². The molecule has 148 valence electrons. The Hall–Kier alpha value is -2.32. The van der Waals surface area contributed by atoms with Gasteiger partial charge in [0.2, 0.25) is 0 Å². The highest BCUT2D eigenvalue weighted by Gasteiger charge is 2.24. The molecule has 3 rings (SSSR count). The number of anilines is 1. The largest absolute Gasteiger partial charge is 0.478 e. The van der Waals surface area contributed by atoms with Crippen LogP contribution in [0.3, 0.4) is 0 Å². The summed E-state index contributed by atoms with van der Waals surface area (Å²) in [4.78, 5) is 25.2. The summed E-state index contributed by atoms with van der Waals surface area (Å²) >= 11 is 0. The fourth-order valence-corrected chi connectivity index (χ4v) is 3.25. The lowest BCUT2D eigenvalue weighted by Crippen LogP contribution is -2.28. The van der Waals surface area contributed by atoms with E-state index >= 15 is 0 Å². The van der Waals surface area contributed by atoms with E-state index in [-0.39, 0.29) is 23.9 Å². The minimum Gasteiger partial charge on any atom is -0.478 e. The summed E-state index contributed by atoms with van der Waals surface area (Å²) in [7, 11) is 3.23. The van der Waals surface area contributed by atoms with Crippen molar-refractivity contribution in [2.45, 2.75) is 32.6 Å². The minimum absolute atomic E-state index is 0. The second-order valence-corrected chi connectivity index (χ2v) is 6.57. The van der Waals surface area contributed by atoms with E-state index in [1.54, 1.807) is 31.6 Å². The summed E-state index contributed by atoms with van der Waals surface area (Å²) in [5.41, 5.74) is 1.17. The number of ether oxygens (including phenoxy) is 1. The lowest BCUT2D eigenvalue weighted by molar-refractivity contribution is 0.102. The van der Waals surface area contributed by atoms with E-state index in [4.69, 9.17) is 9.15 Å². The van der Waals surface area contributed by atoms with Crippen molar-refractivity contribution in [3.8, 4) is 5.88 Å². The van der Waals surface area contributed by atoms with Crippen molar-refractivity contribution in [1.82, 2.24) is 15.1 Å².